The Labute approximate surface area is 304 Å². The lowest BCUT2D eigenvalue weighted by molar-refractivity contribution is 0.476. The van der Waals surface area contributed by atoms with E-state index in [4.69, 9.17) is 4.42 Å². The first kappa shape index (κ1) is 30.4. The zero-order chi connectivity index (χ0) is 34.6. The Morgan fingerprint density at radius 1 is 0.519 bits per heavy atom. The largest absolute Gasteiger partial charge is 0.460 e. The number of hydrogen-bond donors (Lipinski definition) is 0. The van der Waals surface area contributed by atoms with Gasteiger partial charge in [0.05, 0.1) is 11.5 Å². The predicted molar refractivity (Wildman–Crippen MR) is 215 cm³/mol. The Bertz CT molecular complexity index is 2550. The Morgan fingerprint density at radius 2 is 1.08 bits per heavy atom. The van der Waals surface area contributed by atoms with Crippen LogP contribution < -0.4 is 4.90 Å². The van der Waals surface area contributed by atoms with Gasteiger partial charge in [0, 0.05) is 33.8 Å². The predicted octanol–water partition coefficient (Wildman–Crippen LogP) is 12.8. The zero-order valence-corrected chi connectivity index (χ0v) is 29.0. The molecule has 0 fully saturated rings. The van der Waals surface area contributed by atoms with E-state index in [1.165, 1.54) is 61.1 Å². The Balaban J connectivity index is 1.19. The number of para-hydroxylation sites is 2. The van der Waals surface area contributed by atoms with Crippen LogP contribution in [0.5, 0.6) is 0 Å². The van der Waals surface area contributed by atoms with Gasteiger partial charge in [-0.1, -0.05) is 177 Å². The van der Waals surface area contributed by atoms with Crippen LogP contribution in [0.2, 0.25) is 0 Å². The highest BCUT2D eigenvalue weighted by Crippen LogP contribution is 2.58. The summed E-state index contributed by atoms with van der Waals surface area (Å²) in [7, 11) is 0. The van der Waals surface area contributed by atoms with Gasteiger partial charge in [0.25, 0.3) is 0 Å². The minimum Gasteiger partial charge on any atom is -0.460 e. The quantitative estimate of drug-likeness (QED) is 0.175. The number of rotatable bonds is 6. The number of anilines is 2. The highest BCUT2D eigenvalue weighted by molar-refractivity contribution is 5.98. The van der Waals surface area contributed by atoms with Crippen molar-refractivity contribution in [3.63, 3.8) is 0 Å². The van der Waals surface area contributed by atoms with E-state index in [1.807, 2.05) is 0 Å². The summed E-state index contributed by atoms with van der Waals surface area (Å²) in [4.78, 5) is 2.50. The molecule has 0 saturated heterocycles. The maximum atomic E-state index is 7.05. The van der Waals surface area contributed by atoms with Crippen molar-refractivity contribution in [2.75, 3.05) is 4.90 Å². The smallest absolute Gasteiger partial charge is 0.135 e. The summed E-state index contributed by atoms with van der Waals surface area (Å²) < 4.78 is 7.05. The van der Waals surface area contributed by atoms with Gasteiger partial charge in [0.2, 0.25) is 0 Å². The molecule has 2 atom stereocenters. The van der Waals surface area contributed by atoms with Crippen molar-refractivity contribution in [1.29, 1.82) is 0 Å². The van der Waals surface area contributed by atoms with Gasteiger partial charge >= 0.3 is 0 Å². The highest BCUT2D eigenvalue weighted by atomic mass is 16.3. The van der Waals surface area contributed by atoms with E-state index in [2.05, 4.69) is 206 Å². The molecule has 2 unspecified atom stereocenters. The molecule has 1 heterocycles. The van der Waals surface area contributed by atoms with Gasteiger partial charge < -0.3 is 9.32 Å². The van der Waals surface area contributed by atoms with E-state index in [-0.39, 0.29) is 12.0 Å². The van der Waals surface area contributed by atoms with E-state index < -0.39 is 5.41 Å². The van der Waals surface area contributed by atoms with Crippen LogP contribution in [-0.2, 0) is 5.41 Å². The van der Waals surface area contributed by atoms with Crippen molar-refractivity contribution < 1.29 is 4.42 Å². The van der Waals surface area contributed by atoms with Gasteiger partial charge in [-0.15, -0.1) is 0 Å². The van der Waals surface area contributed by atoms with Crippen LogP contribution in [0.4, 0.5) is 11.4 Å². The van der Waals surface area contributed by atoms with Gasteiger partial charge in [-0.3, -0.25) is 0 Å². The van der Waals surface area contributed by atoms with Crippen LogP contribution >= 0.6 is 0 Å². The molecule has 0 aliphatic heterocycles. The second-order valence-corrected chi connectivity index (χ2v) is 14.0. The van der Waals surface area contributed by atoms with Crippen molar-refractivity contribution in [2.24, 2.45) is 0 Å². The van der Waals surface area contributed by atoms with E-state index in [1.54, 1.807) is 0 Å². The second kappa shape index (κ2) is 12.1. The van der Waals surface area contributed by atoms with Crippen LogP contribution in [0.25, 0.3) is 39.3 Å². The summed E-state index contributed by atoms with van der Waals surface area (Å²) >= 11 is 0. The SMILES string of the molecule is CC1c2oc3cccc(C4(c5ccccc5)c5ccccc5-c5ccccc54)c3c2C=CC1N(c1ccccc1)c1ccccc1-c1ccccc1. The van der Waals surface area contributed by atoms with Crippen molar-refractivity contribution in [1.82, 2.24) is 0 Å². The molecule has 52 heavy (non-hydrogen) atoms. The fraction of sp³-hybridized carbons (Fsp3) is 0.0800. The first-order chi connectivity index (χ1) is 25.7. The molecule has 0 spiro atoms. The highest BCUT2D eigenvalue weighted by Gasteiger charge is 2.47. The maximum absolute atomic E-state index is 7.05. The molecule has 7 aromatic carbocycles. The van der Waals surface area contributed by atoms with E-state index >= 15 is 0 Å². The average Bonchev–Trinajstić information content (AvgIpc) is 3.75. The third-order valence-electron chi connectivity index (χ3n) is 11.3. The van der Waals surface area contributed by atoms with Crippen molar-refractivity contribution in [2.45, 2.75) is 24.3 Å². The van der Waals surface area contributed by atoms with Crippen LogP contribution in [0.15, 0.2) is 192 Å². The van der Waals surface area contributed by atoms with Crippen molar-refractivity contribution in [3.8, 4) is 22.3 Å². The molecule has 1 aromatic heterocycles. The molecule has 8 aromatic rings. The summed E-state index contributed by atoms with van der Waals surface area (Å²) in [6.45, 7) is 2.32. The van der Waals surface area contributed by atoms with Crippen LogP contribution in [0.1, 0.15) is 46.4 Å². The lowest BCUT2D eigenvalue weighted by atomic mass is 9.66. The number of nitrogens with zero attached hydrogens (tertiary/aromatic N) is 1. The number of furan rings is 1. The molecule has 0 N–H and O–H groups in total. The molecule has 10 rings (SSSR count). The van der Waals surface area contributed by atoms with E-state index in [9.17, 15) is 0 Å². The van der Waals surface area contributed by atoms with Gasteiger partial charge in [0.1, 0.15) is 11.3 Å². The monoisotopic (exact) mass is 667 g/mol. The fourth-order valence-corrected chi connectivity index (χ4v) is 9.12. The summed E-state index contributed by atoms with van der Waals surface area (Å²) in [5.74, 6) is 1.08. The molecular weight excluding hydrogens is 631 g/mol. The minimum absolute atomic E-state index is 0.0137. The average molecular weight is 668 g/mol. The summed E-state index contributed by atoms with van der Waals surface area (Å²) in [5, 5.41) is 1.19. The van der Waals surface area contributed by atoms with Crippen molar-refractivity contribution >= 4 is 28.4 Å². The topological polar surface area (TPSA) is 16.4 Å². The van der Waals surface area contributed by atoms with Crippen LogP contribution in [-0.4, -0.2) is 6.04 Å². The lowest BCUT2D eigenvalue weighted by Crippen LogP contribution is -2.35. The molecule has 0 amide bonds. The first-order valence-corrected chi connectivity index (χ1v) is 18.2. The van der Waals surface area contributed by atoms with Gasteiger partial charge in [-0.05, 0) is 63.2 Å². The summed E-state index contributed by atoms with van der Waals surface area (Å²) in [6.07, 6.45) is 4.74. The van der Waals surface area contributed by atoms with Crippen molar-refractivity contribution in [3.05, 3.63) is 222 Å². The standard InChI is InChI=1S/C50H37NO/c1-34-45(51(37-22-9-4-10-23-37)46-30-16-13-24-38(46)35-18-5-2-6-19-35)33-32-41-48-44(29-17-31-47(48)52-49(34)41)50(36-20-7-3-8-21-36)42-27-14-11-25-39(42)40-26-12-15-28-43(40)50/h2-34,45H,1H3. The van der Waals surface area contributed by atoms with Gasteiger partial charge in [0.15, 0.2) is 0 Å². The molecule has 0 bridgehead atoms. The molecule has 2 heteroatoms. The molecular formula is C50H37NO. The molecule has 0 radical (unpaired) electrons. The van der Waals surface area contributed by atoms with Gasteiger partial charge in [-0.25, -0.2) is 0 Å². The third kappa shape index (κ3) is 4.44. The van der Waals surface area contributed by atoms with E-state index in [0.29, 0.717) is 0 Å². The van der Waals surface area contributed by atoms with E-state index in [0.717, 1.165) is 17.0 Å². The Morgan fingerprint density at radius 3 is 1.77 bits per heavy atom. The second-order valence-electron chi connectivity index (χ2n) is 14.0. The fourth-order valence-electron chi connectivity index (χ4n) is 9.12. The first-order valence-electron chi connectivity index (χ1n) is 18.2. The Kier molecular flexibility index (Phi) is 7.11. The number of benzene rings is 7. The Hall–Kier alpha value is -6.38. The lowest BCUT2D eigenvalue weighted by Gasteiger charge is -2.38. The minimum atomic E-state index is -0.510. The molecule has 2 aliphatic rings. The van der Waals surface area contributed by atoms with Crippen LogP contribution in [0.3, 0.4) is 0 Å². The molecule has 2 aliphatic carbocycles. The van der Waals surface area contributed by atoms with Gasteiger partial charge in [-0.2, -0.15) is 0 Å². The third-order valence-corrected chi connectivity index (χ3v) is 11.3. The molecule has 2 nitrogen and oxygen atoms in total. The normalized spacial score (nSPS) is 16.6. The molecule has 0 saturated carbocycles. The zero-order valence-electron chi connectivity index (χ0n) is 29.0. The van der Waals surface area contributed by atoms with Crippen LogP contribution in [0, 0.1) is 0 Å². The summed E-state index contributed by atoms with van der Waals surface area (Å²) in [6, 6.07) is 65.9. The molecule has 248 valence electrons. The summed E-state index contributed by atoms with van der Waals surface area (Å²) in [5.41, 5.74) is 14.0. The maximum Gasteiger partial charge on any atom is 0.135 e. The number of fused-ring (bicyclic) bond motifs is 6. The number of hydrogen-bond acceptors (Lipinski definition) is 2.